The second kappa shape index (κ2) is 10.9. The molecule has 1 N–H and O–H groups in total. The van der Waals surface area contributed by atoms with Crippen molar-refractivity contribution >= 4 is 23.2 Å². The molecule has 0 spiro atoms. The Kier molecular flexibility index (Phi) is 7.51. The molecule has 5 heteroatoms. The van der Waals surface area contributed by atoms with Crippen LogP contribution < -0.4 is 14.8 Å². The first-order valence-electron chi connectivity index (χ1n) is 11.1. The molecule has 0 aliphatic heterocycles. The molecule has 34 heavy (non-hydrogen) atoms. The van der Waals surface area contributed by atoms with Gasteiger partial charge in [-0.3, -0.25) is 4.79 Å². The van der Waals surface area contributed by atoms with Gasteiger partial charge >= 0.3 is 0 Å². The highest BCUT2D eigenvalue weighted by atomic mass is 35.5. The van der Waals surface area contributed by atoms with E-state index in [0.717, 1.165) is 28.0 Å². The molecule has 0 aliphatic carbocycles. The third-order valence-electron chi connectivity index (χ3n) is 5.41. The summed E-state index contributed by atoms with van der Waals surface area (Å²) < 4.78 is 11.8. The lowest BCUT2D eigenvalue weighted by molar-refractivity contribution is 0.102. The van der Waals surface area contributed by atoms with Crippen molar-refractivity contribution in [2.45, 2.75) is 20.5 Å². The molecule has 0 aromatic heterocycles. The highest BCUT2D eigenvalue weighted by Gasteiger charge is 2.12. The fraction of sp³-hybridized carbons (Fsp3) is 0.138. The first kappa shape index (κ1) is 23.4. The topological polar surface area (TPSA) is 47.6 Å². The number of anilines is 1. The van der Waals surface area contributed by atoms with Crippen molar-refractivity contribution in [1.82, 2.24) is 0 Å². The van der Waals surface area contributed by atoms with Crippen LogP contribution in [0.25, 0.3) is 11.1 Å². The summed E-state index contributed by atoms with van der Waals surface area (Å²) in [5.41, 5.74) is 5.18. The van der Waals surface area contributed by atoms with E-state index in [4.69, 9.17) is 21.1 Å². The first-order chi connectivity index (χ1) is 16.5. The monoisotopic (exact) mass is 471 g/mol. The Morgan fingerprint density at radius 3 is 2.29 bits per heavy atom. The lowest BCUT2D eigenvalue weighted by Crippen LogP contribution is -2.13. The van der Waals surface area contributed by atoms with E-state index >= 15 is 0 Å². The molecule has 4 nitrogen and oxygen atoms in total. The number of ether oxygens (including phenoxy) is 2. The van der Waals surface area contributed by atoms with Gasteiger partial charge in [0, 0.05) is 21.8 Å². The molecular weight excluding hydrogens is 446 g/mol. The largest absolute Gasteiger partial charge is 0.493 e. The van der Waals surface area contributed by atoms with E-state index in [-0.39, 0.29) is 12.5 Å². The molecule has 4 rings (SSSR count). The van der Waals surface area contributed by atoms with E-state index in [9.17, 15) is 4.79 Å². The summed E-state index contributed by atoms with van der Waals surface area (Å²) in [6.07, 6.45) is 0. The number of carbonyl (C=O) groups excluding carboxylic acids is 1. The average Bonchev–Trinajstić information content (AvgIpc) is 2.86. The summed E-state index contributed by atoms with van der Waals surface area (Å²) in [6.45, 7) is 4.64. The standard InChI is InChI=1S/C29H26ClNO3/c1-3-33-28-16-12-23(29(32)31-25-13-9-20(2)27(30)18-25)17-24(28)19-34-26-14-10-22(11-15-26)21-7-5-4-6-8-21/h4-18H,3,19H2,1-2H3,(H,31,32). The molecule has 0 radical (unpaired) electrons. The smallest absolute Gasteiger partial charge is 0.255 e. The molecular formula is C29H26ClNO3. The fourth-order valence-electron chi connectivity index (χ4n) is 3.54. The van der Waals surface area contributed by atoms with Crippen molar-refractivity contribution in [2.75, 3.05) is 11.9 Å². The summed E-state index contributed by atoms with van der Waals surface area (Å²) in [4.78, 5) is 12.8. The van der Waals surface area contributed by atoms with E-state index in [1.54, 1.807) is 24.3 Å². The highest BCUT2D eigenvalue weighted by molar-refractivity contribution is 6.31. The first-order valence-corrected chi connectivity index (χ1v) is 11.5. The summed E-state index contributed by atoms with van der Waals surface area (Å²) in [7, 11) is 0. The van der Waals surface area contributed by atoms with Crippen LogP contribution in [0.4, 0.5) is 5.69 Å². The normalized spacial score (nSPS) is 10.6. The number of rotatable bonds is 8. The summed E-state index contributed by atoms with van der Waals surface area (Å²) in [6, 6.07) is 28.9. The lowest BCUT2D eigenvalue weighted by atomic mass is 10.1. The van der Waals surface area contributed by atoms with Gasteiger partial charge in [0.05, 0.1) is 6.61 Å². The van der Waals surface area contributed by atoms with Crippen LogP contribution in [0.5, 0.6) is 11.5 Å². The highest BCUT2D eigenvalue weighted by Crippen LogP contribution is 2.26. The van der Waals surface area contributed by atoms with Crippen LogP contribution in [0, 0.1) is 6.92 Å². The molecule has 0 aliphatic rings. The number of aryl methyl sites for hydroxylation is 1. The minimum absolute atomic E-state index is 0.226. The van der Waals surface area contributed by atoms with Crippen molar-refractivity contribution in [2.24, 2.45) is 0 Å². The zero-order valence-electron chi connectivity index (χ0n) is 19.2. The Hall–Kier alpha value is -3.76. The van der Waals surface area contributed by atoms with Gasteiger partial charge in [-0.1, -0.05) is 60.1 Å². The maximum absolute atomic E-state index is 12.8. The molecule has 4 aromatic rings. The number of amides is 1. The van der Waals surface area contributed by atoms with Crippen molar-refractivity contribution in [3.05, 3.63) is 113 Å². The molecule has 0 fully saturated rings. The Balaban J connectivity index is 1.48. The van der Waals surface area contributed by atoms with Crippen LogP contribution in [0.2, 0.25) is 5.02 Å². The fourth-order valence-corrected chi connectivity index (χ4v) is 3.72. The van der Waals surface area contributed by atoms with Gasteiger partial charge in [-0.05, 0) is 73.0 Å². The zero-order valence-corrected chi connectivity index (χ0v) is 19.9. The van der Waals surface area contributed by atoms with Crippen molar-refractivity contribution in [3.8, 4) is 22.6 Å². The SMILES string of the molecule is CCOc1ccc(C(=O)Nc2ccc(C)c(Cl)c2)cc1COc1ccc(-c2ccccc2)cc1. The Morgan fingerprint density at radius 1 is 0.853 bits per heavy atom. The number of halogens is 1. The molecule has 172 valence electrons. The van der Waals surface area contributed by atoms with Crippen molar-refractivity contribution in [3.63, 3.8) is 0 Å². The Morgan fingerprint density at radius 2 is 1.59 bits per heavy atom. The minimum Gasteiger partial charge on any atom is -0.493 e. The van der Waals surface area contributed by atoms with Gasteiger partial charge in [-0.15, -0.1) is 0 Å². The molecule has 1 amide bonds. The number of carbonyl (C=O) groups is 1. The maximum Gasteiger partial charge on any atom is 0.255 e. The summed E-state index contributed by atoms with van der Waals surface area (Å²) in [5, 5.41) is 3.50. The molecule has 0 atom stereocenters. The van der Waals surface area contributed by atoms with Crippen LogP contribution in [-0.4, -0.2) is 12.5 Å². The van der Waals surface area contributed by atoms with Gasteiger partial charge in [-0.2, -0.15) is 0 Å². The van der Waals surface area contributed by atoms with Crippen LogP contribution >= 0.6 is 11.6 Å². The van der Waals surface area contributed by atoms with Gasteiger partial charge < -0.3 is 14.8 Å². The lowest BCUT2D eigenvalue weighted by Gasteiger charge is -2.14. The van der Waals surface area contributed by atoms with E-state index in [1.807, 2.05) is 68.4 Å². The average molecular weight is 472 g/mol. The molecule has 0 saturated carbocycles. The number of benzene rings is 4. The quantitative estimate of drug-likeness (QED) is 0.288. The van der Waals surface area contributed by atoms with E-state index in [0.29, 0.717) is 28.6 Å². The molecule has 0 saturated heterocycles. The predicted molar refractivity (Wildman–Crippen MR) is 138 cm³/mol. The number of hydrogen-bond donors (Lipinski definition) is 1. The Bertz CT molecular complexity index is 1270. The summed E-state index contributed by atoms with van der Waals surface area (Å²) in [5.74, 6) is 1.21. The van der Waals surface area contributed by atoms with E-state index in [1.165, 1.54) is 0 Å². The molecule has 4 aromatic carbocycles. The number of hydrogen-bond acceptors (Lipinski definition) is 3. The second-order valence-corrected chi connectivity index (χ2v) is 8.26. The number of nitrogens with one attached hydrogen (secondary N) is 1. The second-order valence-electron chi connectivity index (χ2n) is 7.85. The third kappa shape index (κ3) is 5.77. The predicted octanol–water partition coefficient (Wildman–Crippen LogP) is 7.55. The van der Waals surface area contributed by atoms with Crippen molar-refractivity contribution in [1.29, 1.82) is 0 Å². The maximum atomic E-state index is 12.8. The van der Waals surface area contributed by atoms with Gasteiger partial charge in [0.15, 0.2) is 0 Å². The molecule has 0 bridgehead atoms. The zero-order chi connectivity index (χ0) is 23.9. The van der Waals surface area contributed by atoms with Crippen molar-refractivity contribution < 1.29 is 14.3 Å². The molecule has 0 heterocycles. The van der Waals surface area contributed by atoms with Crippen LogP contribution in [0.1, 0.15) is 28.4 Å². The third-order valence-corrected chi connectivity index (χ3v) is 5.82. The minimum atomic E-state index is -0.226. The Labute approximate surface area is 205 Å². The van der Waals surface area contributed by atoms with Gasteiger partial charge in [-0.25, -0.2) is 0 Å². The van der Waals surface area contributed by atoms with Gasteiger partial charge in [0.1, 0.15) is 18.1 Å². The van der Waals surface area contributed by atoms with Crippen LogP contribution in [0.3, 0.4) is 0 Å². The summed E-state index contributed by atoms with van der Waals surface area (Å²) >= 11 is 6.18. The van der Waals surface area contributed by atoms with Crippen LogP contribution in [0.15, 0.2) is 91.0 Å². The van der Waals surface area contributed by atoms with E-state index < -0.39 is 0 Å². The van der Waals surface area contributed by atoms with Gasteiger partial charge in [0.2, 0.25) is 0 Å². The van der Waals surface area contributed by atoms with Crippen LogP contribution in [-0.2, 0) is 6.61 Å². The molecule has 0 unspecified atom stereocenters. The van der Waals surface area contributed by atoms with Gasteiger partial charge in [0.25, 0.3) is 5.91 Å². The van der Waals surface area contributed by atoms with E-state index in [2.05, 4.69) is 17.4 Å².